The largest absolute Gasteiger partial charge is 0.356 e. The number of nitrogens with zero attached hydrogens (tertiary/aromatic N) is 1. The fourth-order valence-electron chi connectivity index (χ4n) is 5.46. The lowest BCUT2D eigenvalue weighted by Gasteiger charge is -2.56. The second-order valence-corrected chi connectivity index (χ2v) is 7.23. The highest BCUT2D eigenvalue weighted by molar-refractivity contribution is 5.87. The van der Waals surface area contributed by atoms with Crippen LogP contribution in [-0.2, 0) is 16.8 Å². The summed E-state index contributed by atoms with van der Waals surface area (Å²) in [7, 11) is 0. The van der Waals surface area contributed by atoms with Crippen molar-refractivity contribution >= 4 is 16.8 Å². The molecule has 1 aliphatic carbocycles. The Kier molecular flexibility index (Phi) is 2.53. The Balaban J connectivity index is 1.79. The first-order valence-corrected chi connectivity index (χ1v) is 8.71. The number of benzene rings is 1. The predicted octanol–water partition coefficient (Wildman–Crippen LogP) is 3.73. The minimum Gasteiger partial charge on any atom is -0.356 e. The maximum atomic E-state index is 12.6. The Bertz CT molecular complexity index is 762. The summed E-state index contributed by atoms with van der Waals surface area (Å²) in [5, 5.41) is 1.37. The lowest BCUT2D eigenvalue weighted by atomic mass is 9.63. The maximum absolute atomic E-state index is 12.6. The van der Waals surface area contributed by atoms with E-state index < -0.39 is 0 Å². The fourth-order valence-corrected chi connectivity index (χ4v) is 5.46. The third-order valence-electron chi connectivity index (χ3n) is 6.36. The molecule has 22 heavy (non-hydrogen) atoms. The number of amides is 1. The van der Waals surface area contributed by atoms with Gasteiger partial charge in [-0.3, -0.25) is 4.79 Å². The Morgan fingerprint density at radius 3 is 3.00 bits per heavy atom. The van der Waals surface area contributed by atoms with Crippen molar-refractivity contribution in [3.8, 4) is 0 Å². The van der Waals surface area contributed by atoms with Gasteiger partial charge in [0.15, 0.2) is 0 Å². The van der Waals surface area contributed by atoms with Crippen molar-refractivity contribution < 1.29 is 4.79 Å². The van der Waals surface area contributed by atoms with E-state index >= 15 is 0 Å². The van der Waals surface area contributed by atoms with Gasteiger partial charge in [0.25, 0.3) is 0 Å². The van der Waals surface area contributed by atoms with Gasteiger partial charge in [-0.25, -0.2) is 0 Å². The van der Waals surface area contributed by atoms with Crippen LogP contribution >= 0.6 is 0 Å². The van der Waals surface area contributed by atoms with Gasteiger partial charge in [-0.15, -0.1) is 0 Å². The van der Waals surface area contributed by atoms with Crippen LogP contribution in [0.1, 0.15) is 49.8 Å². The van der Waals surface area contributed by atoms with Crippen LogP contribution in [0.4, 0.5) is 0 Å². The molecule has 3 aliphatic rings. The van der Waals surface area contributed by atoms with E-state index in [0.717, 1.165) is 32.2 Å². The molecule has 2 aromatic rings. The van der Waals surface area contributed by atoms with Gasteiger partial charge in [-0.2, -0.15) is 0 Å². The maximum Gasteiger partial charge on any atom is 0.223 e. The van der Waals surface area contributed by atoms with Crippen molar-refractivity contribution in [2.45, 2.75) is 50.5 Å². The summed E-state index contributed by atoms with van der Waals surface area (Å²) in [6, 6.07) is 8.64. The lowest BCUT2D eigenvalue weighted by Crippen LogP contribution is -2.61. The summed E-state index contributed by atoms with van der Waals surface area (Å²) in [5.74, 6) is 1.02. The van der Waals surface area contributed by atoms with Crippen LogP contribution in [0, 0.1) is 5.92 Å². The number of aromatic nitrogens is 1. The average Bonchev–Trinajstić information content (AvgIpc) is 2.94. The summed E-state index contributed by atoms with van der Waals surface area (Å²) in [5.41, 5.74) is 4.07. The first kappa shape index (κ1) is 12.7. The summed E-state index contributed by atoms with van der Waals surface area (Å²) in [4.78, 5) is 18.6. The molecule has 2 atom stereocenters. The molecule has 1 spiro atoms. The number of fused-ring (bicyclic) bond motifs is 3. The van der Waals surface area contributed by atoms with Crippen LogP contribution in [0.25, 0.3) is 10.9 Å². The highest BCUT2D eigenvalue weighted by Gasteiger charge is 2.54. The highest BCUT2D eigenvalue weighted by Crippen LogP contribution is 2.54. The van der Waals surface area contributed by atoms with Crippen molar-refractivity contribution in [1.82, 2.24) is 9.88 Å². The molecule has 0 bridgehead atoms. The molecule has 2 aliphatic heterocycles. The molecule has 3 heterocycles. The third kappa shape index (κ3) is 1.44. The van der Waals surface area contributed by atoms with Crippen LogP contribution in [0.15, 0.2) is 24.3 Å². The summed E-state index contributed by atoms with van der Waals surface area (Å²) in [6.45, 7) is 0.907. The quantitative estimate of drug-likeness (QED) is 0.789. The van der Waals surface area contributed by atoms with Crippen LogP contribution < -0.4 is 0 Å². The summed E-state index contributed by atoms with van der Waals surface area (Å²) < 4.78 is 0. The molecule has 1 amide bonds. The van der Waals surface area contributed by atoms with E-state index in [4.69, 9.17) is 0 Å². The van der Waals surface area contributed by atoms with Crippen molar-refractivity contribution in [2.75, 3.05) is 6.54 Å². The van der Waals surface area contributed by atoms with Gasteiger partial charge in [0, 0.05) is 29.6 Å². The number of carbonyl (C=O) groups is 1. The average molecular weight is 294 g/mol. The predicted molar refractivity (Wildman–Crippen MR) is 86.6 cm³/mol. The van der Waals surface area contributed by atoms with Crippen LogP contribution in [0.5, 0.6) is 0 Å². The number of hydrogen-bond donors (Lipinski definition) is 1. The zero-order valence-electron chi connectivity index (χ0n) is 12.9. The van der Waals surface area contributed by atoms with E-state index in [1.54, 1.807) is 0 Å². The highest BCUT2D eigenvalue weighted by atomic mass is 16.2. The molecule has 1 aromatic heterocycles. The minimum absolute atomic E-state index is 0.0276. The molecule has 1 aromatic carbocycles. The molecule has 3 heteroatoms. The molecule has 1 saturated carbocycles. The van der Waals surface area contributed by atoms with Gasteiger partial charge < -0.3 is 9.88 Å². The summed E-state index contributed by atoms with van der Waals surface area (Å²) >= 11 is 0. The van der Waals surface area contributed by atoms with Crippen molar-refractivity contribution in [3.05, 3.63) is 35.5 Å². The lowest BCUT2D eigenvalue weighted by molar-refractivity contribution is -0.152. The number of H-pyrrole nitrogens is 1. The van der Waals surface area contributed by atoms with Crippen molar-refractivity contribution in [1.29, 1.82) is 0 Å². The number of carbonyl (C=O) groups excluding carboxylic acids is 1. The Labute approximate surface area is 130 Å². The minimum atomic E-state index is -0.0276. The monoisotopic (exact) mass is 294 g/mol. The number of para-hydroxylation sites is 1. The smallest absolute Gasteiger partial charge is 0.223 e. The number of nitrogens with one attached hydrogen (secondary N) is 1. The molecule has 1 saturated heterocycles. The standard InChI is InChI=1S/C19H22N2O/c22-17-9-8-13-5-3-4-11-19(13)18-15(10-12-21(17)19)14-6-1-2-7-16(14)20-18/h1-2,6-7,13,20H,3-5,8-12H2. The van der Waals surface area contributed by atoms with Gasteiger partial charge in [0.1, 0.15) is 0 Å². The molecule has 0 radical (unpaired) electrons. The van der Waals surface area contributed by atoms with Crippen molar-refractivity contribution in [3.63, 3.8) is 0 Å². The topological polar surface area (TPSA) is 36.1 Å². The molecule has 2 unspecified atom stereocenters. The van der Waals surface area contributed by atoms with E-state index in [2.05, 4.69) is 34.1 Å². The SMILES string of the molecule is O=C1CCC2CCCCC23c2[nH]c4ccccc4c2CCN13. The third-order valence-corrected chi connectivity index (χ3v) is 6.36. The fraction of sp³-hybridized carbons (Fsp3) is 0.526. The number of piperidine rings is 1. The van der Waals surface area contributed by atoms with E-state index in [1.165, 1.54) is 41.4 Å². The Hall–Kier alpha value is -1.77. The first-order valence-electron chi connectivity index (χ1n) is 8.71. The molecular weight excluding hydrogens is 272 g/mol. The number of hydrogen-bond acceptors (Lipinski definition) is 1. The van der Waals surface area contributed by atoms with Gasteiger partial charge in [-0.1, -0.05) is 31.0 Å². The van der Waals surface area contributed by atoms with E-state index in [9.17, 15) is 4.79 Å². The Morgan fingerprint density at radius 1 is 1.14 bits per heavy atom. The molecule has 5 rings (SSSR count). The van der Waals surface area contributed by atoms with Crippen LogP contribution in [-0.4, -0.2) is 22.3 Å². The van der Waals surface area contributed by atoms with Crippen molar-refractivity contribution in [2.24, 2.45) is 5.92 Å². The number of aromatic amines is 1. The van der Waals surface area contributed by atoms with Crippen LogP contribution in [0.2, 0.25) is 0 Å². The van der Waals surface area contributed by atoms with E-state index in [0.29, 0.717) is 11.8 Å². The molecule has 1 N–H and O–H groups in total. The molecule has 2 fully saturated rings. The molecule has 114 valence electrons. The van der Waals surface area contributed by atoms with Gasteiger partial charge >= 0.3 is 0 Å². The normalized spacial score (nSPS) is 30.8. The van der Waals surface area contributed by atoms with E-state index in [-0.39, 0.29) is 5.54 Å². The second kappa shape index (κ2) is 4.37. The first-order chi connectivity index (χ1) is 10.8. The van der Waals surface area contributed by atoms with E-state index in [1.807, 2.05) is 0 Å². The summed E-state index contributed by atoms with van der Waals surface area (Å²) in [6.07, 6.45) is 7.81. The molecule has 3 nitrogen and oxygen atoms in total. The Morgan fingerprint density at radius 2 is 2.05 bits per heavy atom. The molecular formula is C19H22N2O. The van der Waals surface area contributed by atoms with Gasteiger partial charge in [0.2, 0.25) is 5.91 Å². The van der Waals surface area contributed by atoms with Crippen LogP contribution in [0.3, 0.4) is 0 Å². The zero-order chi connectivity index (χ0) is 14.7. The second-order valence-electron chi connectivity index (χ2n) is 7.23. The zero-order valence-corrected chi connectivity index (χ0v) is 12.9. The number of rotatable bonds is 0. The van der Waals surface area contributed by atoms with Gasteiger partial charge in [-0.05, 0) is 43.2 Å². The van der Waals surface area contributed by atoms with Gasteiger partial charge in [0.05, 0.1) is 5.54 Å².